The van der Waals surface area contributed by atoms with Crippen molar-refractivity contribution in [2.45, 2.75) is 18.8 Å². The largest absolute Gasteiger partial charge is 0.323 e. The lowest BCUT2D eigenvalue weighted by Crippen LogP contribution is -2.07. The molecule has 1 aromatic carbocycles. The second kappa shape index (κ2) is 4.18. The molecule has 1 aliphatic rings. The molecule has 0 amide bonds. The average molecular weight is 219 g/mol. The highest BCUT2D eigenvalue weighted by molar-refractivity contribution is 6.33. The Hall–Kier alpha value is -0.440. The molecule has 0 atom stereocenters. The van der Waals surface area contributed by atoms with Gasteiger partial charge in [-0.25, -0.2) is 0 Å². The Kier molecular flexibility index (Phi) is 3.42. The highest BCUT2D eigenvalue weighted by Gasteiger charge is 2.23. The summed E-state index contributed by atoms with van der Waals surface area (Å²) in [6.07, 6.45) is 2.59. The van der Waals surface area contributed by atoms with Crippen LogP contribution in [0.3, 0.4) is 0 Å². The summed E-state index contributed by atoms with van der Waals surface area (Å²) in [6.45, 7) is 0. The number of hydrogen-bond donors (Lipinski definition) is 2. The molecule has 4 heteroatoms. The lowest BCUT2D eigenvalue weighted by molar-refractivity contribution is 1.13. The summed E-state index contributed by atoms with van der Waals surface area (Å²) in [7, 11) is 0. The number of hydrazine groups is 1. The molecule has 3 N–H and O–H groups in total. The molecule has 13 heavy (non-hydrogen) atoms. The van der Waals surface area contributed by atoms with Crippen LogP contribution in [0.2, 0.25) is 5.02 Å². The van der Waals surface area contributed by atoms with E-state index in [1.165, 1.54) is 18.4 Å². The average Bonchev–Trinajstić information content (AvgIpc) is 2.86. The zero-order valence-corrected chi connectivity index (χ0v) is 8.66. The van der Waals surface area contributed by atoms with E-state index < -0.39 is 0 Å². The van der Waals surface area contributed by atoms with Crippen molar-refractivity contribution in [2.75, 3.05) is 5.43 Å². The van der Waals surface area contributed by atoms with Crippen molar-refractivity contribution in [1.82, 2.24) is 0 Å². The van der Waals surface area contributed by atoms with E-state index in [1.54, 1.807) is 0 Å². The van der Waals surface area contributed by atoms with Gasteiger partial charge in [-0.3, -0.25) is 5.84 Å². The molecule has 0 unspecified atom stereocenters. The van der Waals surface area contributed by atoms with Crippen molar-refractivity contribution in [2.24, 2.45) is 5.84 Å². The van der Waals surface area contributed by atoms with Crippen LogP contribution in [0.25, 0.3) is 0 Å². The number of nitrogens with two attached hydrogens (primary N) is 1. The fraction of sp³-hybridized carbons (Fsp3) is 0.333. The van der Waals surface area contributed by atoms with Gasteiger partial charge in [0.2, 0.25) is 0 Å². The molecule has 1 aliphatic carbocycles. The van der Waals surface area contributed by atoms with Gasteiger partial charge in [-0.1, -0.05) is 17.7 Å². The van der Waals surface area contributed by atoms with Crippen molar-refractivity contribution in [3.05, 3.63) is 28.8 Å². The van der Waals surface area contributed by atoms with Crippen molar-refractivity contribution in [3.8, 4) is 0 Å². The van der Waals surface area contributed by atoms with Gasteiger partial charge >= 0.3 is 0 Å². The van der Waals surface area contributed by atoms with Gasteiger partial charge in [0.25, 0.3) is 0 Å². The van der Waals surface area contributed by atoms with E-state index in [4.69, 9.17) is 17.4 Å². The molecule has 2 nitrogen and oxygen atoms in total. The van der Waals surface area contributed by atoms with Crippen LogP contribution in [0.15, 0.2) is 18.2 Å². The molecule has 0 aromatic heterocycles. The van der Waals surface area contributed by atoms with E-state index in [9.17, 15) is 0 Å². The van der Waals surface area contributed by atoms with E-state index in [2.05, 4.69) is 11.5 Å². The van der Waals surface area contributed by atoms with Gasteiger partial charge in [-0.15, -0.1) is 12.4 Å². The Bertz CT molecular complexity index is 298. The third-order valence-electron chi connectivity index (χ3n) is 2.20. The molecular formula is C9H12Cl2N2. The predicted molar refractivity (Wildman–Crippen MR) is 58.5 cm³/mol. The van der Waals surface area contributed by atoms with E-state index >= 15 is 0 Å². The molecule has 0 spiro atoms. The highest BCUT2D eigenvalue weighted by Crippen LogP contribution is 2.41. The van der Waals surface area contributed by atoms with Crippen LogP contribution >= 0.6 is 24.0 Å². The summed E-state index contributed by atoms with van der Waals surface area (Å²) < 4.78 is 0. The van der Waals surface area contributed by atoms with Crippen LogP contribution in [0, 0.1) is 0 Å². The molecule has 1 aromatic rings. The Labute approximate surface area is 88.8 Å². The highest BCUT2D eigenvalue weighted by atomic mass is 35.5. The maximum atomic E-state index is 5.96. The van der Waals surface area contributed by atoms with Crippen LogP contribution in [-0.2, 0) is 0 Å². The molecule has 2 rings (SSSR count). The third-order valence-corrected chi connectivity index (χ3v) is 2.51. The number of halogens is 2. The lowest BCUT2D eigenvalue weighted by atomic mass is 10.1. The molecule has 0 radical (unpaired) electrons. The maximum Gasteiger partial charge on any atom is 0.0672 e. The van der Waals surface area contributed by atoms with E-state index in [-0.39, 0.29) is 12.4 Å². The monoisotopic (exact) mass is 218 g/mol. The minimum atomic E-state index is 0. The standard InChI is InChI=1S/C9H11ClN2.ClH/c10-8-5-7(6-1-2-6)3-4-9(8)12-11;/h3-6,12H,1-2,11H2;1H. The number of rotatable bonds is 2. The Morgan fingerprint density at radius 3 is 2.54 bits per heavy atom. The van der Waals surface area contributed by atoms with Crippen molar-refractivity contribution in [1.29, 1.82) is 0 Å². The van der Waals surface area contributed by atoms with Crippen LogP contribution in [0.5, 0.6) is 0 Å². The molecular weight excluding hydrogens is 207 g/mol. The van der Waals surface area contributed by atoms with E-state index in [1.807, 2.05) is 12.1 Å². The third kappa shape index (κ3) is 2.27. The second-order valence-corrected chi connectivity index (χ2v) is 3.57. The Morgan fingerprint density at radius 2 is 2.08 bits per heavy atom. The normalized spacial score (nSPS) is 14.9. The van der Waals surface area contributed by atoms with Crippen LogP contribution in [-0.4, -0.2) is 0 Å². The molecule has 1 fully saturated rings. The first-order valence-corrected chi connectivity index (χ1v) is 4.45. The molecule has 0 heterocycles. The molecule has 1 saturated carbocycles. The fourth-order valence-corrected chi connectivity index (χ4v) is 1.56. The minimum Gasteiger partial charge on any atom is -0.323 e. The van der Waals surface area contributed by atoms with Gasteiger partial charge < -0.3 is 5.43 Å². The summed E-state index contributed by atoms with van der Waals surface area (Å²) in [5.41, 5.74) is 4.67. The van der Waals surface area contributed by atoms with Gasteiger partial charge in [0.05, 0.1) is 10.7 Å². The van der Waals surface area contributed by atoms with Crippen LogP contribution in [0.1, 0.15) is 24.3 Å². The molecule has 0 aliphatic heterocycles. The van der Waals surface area contributed by atoms with E-state index in [0.717, 1.165) is 11.6 Å². The van der Waals surface area contributed by atoms with Crippen molar-refractivity contribution >= 4 is 29.7 Å². The summed E-state index contributed by atoms with van der Waals surface area (Å²) >= 11 is 5.96. The van der Waals surface area contributed by atoms with Crippen LogP contribution < -0.4 is 11.3 Å². The summed E-state index contributed by atoms with van der Waals surface area (Å²) in [6, 6.07) is 6.00. The quantitative estimate of drug-likeness (QED) is 0.592. The zero-order valence-electron chi connectivity index (χ0n) is 7.09. The number of nitrogens with one attached hydrogen (secondary N) is 1. The van der Waals surface area contributed by atoms with Gasteiger partial charge in [0.15, 0.2) is 0 Å². The fourth-order valence-electron chi connectivity index (χ4n) is 1.32. The summed E-state index contributed by atoms with van der Waals surface area (Å²) in [5, 5.41) is 0.710. The second-order valence-electron chi connectivity index (χ2n) is 3.16. The van der Waals surface area contributed by atoms with Crippen molar-refractivity contribution in [3.63, 3.8) is 0 Å². The van der Waals surface area contributed by atoms with Gasteiger partial charge in [0, 0.05) is 0 Å². The summed E-state index contributed by atoms with van der Waals surface area (Å²) in [5.74, 6) is 6.00. The number of nitrogen functional groups attached to an aromatic ring is 1. The number of benzene rings is 1. The Balaban J connectivity index is 0.000000845. The molecule has 0 bridgehead atoms. The molecule has 0 saturated heterocycles. The lowest BCUT2D eigenvalue weighted by Gasteiger charge is -2.04. The first-order valence-electron chi connectivity index (χ1n) is 4.07. The van der Waals surface area contributed by atoms with Gasteiger partial charge in [-0.05, 0) is 36.5 Å². The topological polar surface area (TPSA) is 38.0 Å². The van der Waals surface area contributed by atoms with E-state index in [0.29, 0.717) is 5.02 Å². The number of hydrogen-bond acceptors (Lipinski definition) is 2. The first kappa shape index (κ1) is 10.6. The van der Waals surface area contributed by atoms with Gasteiger partial charge in [-0.2, -0.15) is 0 Å². The van der Waals surface area contributed by atoms with Crippen molar-refractivity contribution < 1.29 is 0 Å². The minimum absolute atomic E-state index is 0. The molecule has 72 valence electrons. The Morgan fingerprint density at radius 1 is 1.38 bits per heavy atom. The summed E-state index contributed by atoms with van der Waals surface area (Å²) in [4.78, 5) is 0. The van der Waals surface area contributed by atoms with Gasteiger partial charge in [0.1, 0.15) is 0 Å². The predicted octanol–water partition coefficient (Wildman–Crippen LogP) is 2.92. The number of anilines is 1. The maximum absolute atomic E-state index is 5.96. The first-order chi connectivity index (χ1) is 5.81. The smallest absolute Gasteiger partial charge is 0.0672 e. The SMILES string of the molecule is Cl.NNc1ccc(C2CC2)cc1Cl. The van der Waals surface area contributed by atoms with Crippen LogP contribution in [0.4, 0.5) is 5.69 Å². The zero-order chi connectivity index (χ0) is 8.55.